The molecule has 0 aromatic rings. The van der Waals surface area contributed by atoms with Gasteiger partial charge in [0, 0.05) is 25.3 Å². The van der Waals surface area contributed by atoms with E-state index in [9.17, 15) is 0 Å². The highest BCUT2D eigenvalue weighted by atomic mass is 16.5. The number of aliphatic imine (C=N–C) groups is 1. The van der Waals surface area contributed by atoms with Crippen molar-refractivity contribution in [3.05, 3.63) is 11.3 Å². The van der Waals surface area contributed by atoms with Gasteiger partial charge in [0.15, 0.2) is 0 Å². The van der Waals surface area contributed by atoms with Crippen molar-refractivity contribution in [1.29, 1.82) is 0 Å². The van der Waals surface area contributed by atoms with Gasteiger partial charge in [-0.2, -0.15) is 0 Å². The predicted octanol–water partition coefficient (Wildman–Crippen LogP) is 2.76. The third-order valence-corrected chi connectivity index (χ3v) is 5.03. The maximum absolute atomic E-state index is 5.40. The van der Waals surface area contributed by atoms with E-state index in [4.69, 9.17) is 9.73 Å². The second-order valence-corrected chi connectivity index (χ2v) is 9.00. The van der Waals surface area contributed by atoms with E-state index in [1.54, 1.807) is 0 Å². The zero-order valence-electron chi connectivity index (χ0n) is 15.0. The summed E-state index contributed by atoms with van der Waals surface area (Å²) >= 11 is 0. The van der Waals surface area contributed by atoms with Gasteiger partial charge >= 0.3 is 0 Å². The molecule has 1 atom stereocenters. The van der Waals surface area contributed by atoms with Crippen molar-refractivity contribution in [1.82, 2.24) is 9.80 Å². The molecule has 0 saturated carbocycles. The van der Waals surface area contributed by atoms with Crippen LogP contribution < -0.4 is 0 Å². The van der Waals surface area contributed by atoms with E-state index in [2.05, 4.69) is 57.7 Å². The summed E-state index contributed by atoms with van der Waals surface area (Å²) in [5.41, 5.74) is 3.30. The fourth-order valence-corrected chi connectivity index (χ4v) is 3.73. The molecule has 0 N–H and O–H groups in total. The van der Waals surface area contributed by atoms with E-state index >= 15 is 0 Å². The number of rotatable bonds is 1. The monoisotopic (exact) mass is 305 g/mol. The first-order chi connectivity index (χ1) is 10.2. The van der Waals surface area contributed by atoms with Gasteiger partial charge in [-0.15, -0.1) is 0 Å². The largest absolute Gasteiger partial charge is 0.378 e. The van der Waals surface area contributed by atoms with E-state index in [1.165, 1.54) is 11.3 Å². The minimum atomic E-state index is 0.141. The summed E-state index contributed by atoms with van der Waals surface area (Å²) in [6, 6.07) is 0.888. The van der Waals surface area contributed by atoms with Crippen LogP contribution in [0.25, 0.3) is 0 Å². The molecule has 0 bridgehead atoms. The third kappa shape index (κ3) is 2.83. The molecule has 3 aliphatic heterocycles. The molecule has 0 aliphatic carbocycles. The van der Waals surface area contributed by atoms with Crippen molar-refractivity contribution in [2.75, 3.05) is 32.8 Å². The Labute approximate surface area is 135 Å². The molecule has 3 aliphatic rings. The summed E-state index contributed by atoms with van der Waals surface area (Å²) in [5.74, 6) is 0. The van der Waals surface area contributed by atoms with Crippen LogP contribution in [0, 0.1) is 10.8 Å². The molecule has 0 radical (unpaired) electrons. The van der Waals surface area contributed by atoms with Crippen LogP contribution >= 0.6 is 0 Å². The molecule has 4 nitrogen and oxygen atoms in total. The first-order valence-electron chi connectivity index (χ1n) is 8.53. The Kier molecular flexibility index (Phi) is 3.89. The Balaban J connectivity index is 1.97. The molecule has 2 fully saturated rings. The third-order valence-electron chi connectivity index (χ3n) is 5.03. The number of nitrogens with zero attached hydrogens (tertiary/aromatic N) is 3. The van der Waals surface area contributed by atoms with Crippen LogP contribution in [0.3, 0.4) is 0 Å². The zero-order valence-corrected chi connectivity index (χ0v) is 15.0. The fourth-order valence-electron chi connectivity index (χ4n) is 3.73. The summed E-state index contributed by atoms with van der Waals surface area (Å²) in [6.45, 7) is 18.9. The highest BCUT2D eigenvalue weighted by Gasteiger charge is 2.41. The summed E-state index contributed by atoms with van der Waals surface area (Å²) in [7, 11) is 0. The molecule has 0 spiro atoms. The lowest BCUT2D eigenvalue weighted by Crippen LogP contribution is -2.57. The van der Waals surface area contributed by atoms with Crippen molar-refractivity contribution in [3.8, 4) is 0 Å². The molecule has 2 saturated heterocycles. The van der Waals surface area contributed by atoms with E-state index in [0.29, 0.717) is 6.04 Å². The first-order valence-corrected chi connectivity index (χ1v) is 8.53. The number of hydrogen-bond donors (Lipinski definition) is 0. The van der Waals surface area contributed by atoms with Gasteiger partial charge in [-0.3, -0.25) is 9.89 Å². The Morgan fingerprint density at radius 1 is 1.09 bits per heavy atom. The van der Waals surface area contributed by atoms with Crippen molar-refractivity contribution >= 4 is 6.34 Å². The van der Waals surface area contributed by atoms with Gasteiger partial charge in [0.2, 0.25) is 0 Å². The smallest absolute Gasteiger partial charge is 0.0900 e. The molecular weight excluding hydrogens is 274 g/mol. The second kappa shape index (κ2) is 5.34. The number of piperazine rings is 1. The maximum Gasteiger partial charge on any atom is 0.0900 e. The Morgan fingerprint density at radius 3 is 2.27 bits per heavy atom. The molecule has 0 aromatic carbocycles. The van der Waals surface area contributed by atoms with E-state index < -0.39 is 0 Å². The SMILES string of the molecule is CC(C)(C)C1=C2CN(C3COC3)CCN2C=NC1C(C)(C)C. The van der Waals surface area contributed by atoms with Crippen molar-refractivity contribution in [2.24, 2.45) is 15.8 Å². The quantitative estimate of drug-likeness (QED) is 0.746. The standard InChI is InChI=1S/C18H31N3O/c1-17(2,3)15-14-9-20(13-10-22-11-13)7-8-21(14)12-19-16(15)18(4,5)6/h12-13,16H,7-11H2,1-6H3. The van der Waals surface area contributed by atoms with Crippen LogP contribution in [0.5, 0.6) is 0 Å². The van der Waals surface area contributed by atoms with Crippen LogP contribution in [0.2, 0.25) is 0 Å². The molecule has 3 rings (SSSR count). The number of ether oxygens (including phenoxy) is 1. The van der Waals surface area contributed by atoms with Gasteiger partial charge in [-0.05, 0) is 16.4 Å². The van der Waals surface area contributed by atoms with Crippen LogP contribution in [-0.4, -0.2) is 61.1 Å². The van der Waals surface area contributed by atoms with E-state index in [-0.39, 0.29) is 16.9 Å². The Hall–Kier alpha value is -0.870. The normalized spacial score (nSPS) is 27.9. The Bertz CT molecular complexity index is 491. The van der Waals surface area contributed by atoms with E-state index in [1.807, 2.05) is 0 Å². The van der Waals surface area contributed by atoms with Crippen molar-refractivity contribution in [2.45, 2.75) is 53.6 Å². The predicted molar refractivity (Wildman–Crippen MR) is 91.1 cm³/mol. The molecular formula is C18H31N3O. The summed E-state index contributed by atoms with van der Waals surface area (Å²) in [6.07, 6.45) is 2.09. The van der Waals surface area contributed by atoms with Gasteiger partial charge in [-0.25, -0.2) is 0 Å². The van der Waals surface area contributed by atoms with Gasteiger partial charge < -0.3 is 9.64 Å². The molecule has 1 unspecified atom stereocenters. The Morgan fingerprint density at radius 2 is 1.77 bits per heavy atom. The molecule has 124 valence electrons. The lowest BCUT2D eigenvalue weighted by molar-refractivity contribution is -0.0685. The second-order valence-electron chi connectivity index (χ2n) is 9.00. The van der Waals surface area contributed by atoms with Crippen molar-refractivity contribution < 1.29 is 4.74 Å². The maximum atomic E-state index is 5.40. The first kappa shape index (κ1) is 16.0. The molecule has 4 heteroatoms. The van der Waals surface area contributed by atoms with Crippen molar-refractivity contribution in [3.63, 3.8) is 0 Å². The van der Waals surface area contributed by atoms with Crippen LogP contribution in [-0.2, 0) is 4.74 Å². The highest BCUT2D eigenvalue weighted by molar-refractivity contribution is 5.63. The molecule has 0 amide bonds. The minimum Gasteiger partial charge on any atom is -0.378 e. The number of fused-ring (bicyclic) bond motifs is 1. The van der Waals surface area contributed by atoms with Gasteiger partial charge in [0.1, 0.15) is 0 Å². The average molecular weight is 305 g/mol. The van der Waals surface area contributed by atoms with Crippen LogP contribution in [0.4, 0.5) is 0 Å². The molecule has 3 heterocycles. The summed E-state index contributed by atoms with van der Waals surface area (Å²) in [4.78, 5) is 9.92. The molecule has 0 aromatic heterocycles. The average Bonchev–Trinajstić information content (AvgIpc) is 2.32. The summed E-state index contributed by atoms with van der Waals surface area (Å²) < 4.78 is 5.40. The topological polar surface area (TPSA) is 28.1 Å². The van der Waals surface area contributed by atoms with E-state index in [0.717, 1.165) is 32.8 Å². The minimum absolute atomic E-state index is 0.141. The number of hydrogen-bond acceptors (Lipinski definition) is 4. The fraction of sp³-hybridized carbons (Fsp3) is 0.833. The summed E-state index contributed by atoms with van der Waals surface area (Å²) in [5, 5.41) is 0. The molecule has 22 heavy (non-hydrogen) atoms. The van der Waals surface area contributed by atoms with Crippen LogP contribution in [0.1, 0.15) is 41.5 Å². The van der Waals surface area contributed by atoms with Gasteiger partial charge in [-0.1, -0.05) is 41.5 Å². The van der Waals surface area contributed by atoms with Gasteiger partial charge in [0.05, 0.1) is 31.6 Å². The van der Waals surface area contributed by atoms with Crippen LogP contribution in [0.15, 0.2) is 16.3 Å². The highest BCUT2D eigenvalue weighted by Crippen LogP contribution is 2.43. The van der Waals surface area contributed by atoms with Gasteiger partial charge in [0.25, 0.3) is 0 Å². The lowest BCUT2D eigenvalue weighted by atomic mass is 9.71. The zero-order chi connectivity index (χ0) is 16.1. The lowest BCUT2D eigenvalue weighted by Gasteiger charge is -2.49.